The normalized spacial score (nSPS) is 11.4. The van der Waals surface area contributed by atoms with E-state index in [1.54, 1.807) is 42.4 Å². The number of aromatic nitrogens is 1. The predicted octanol–water partition coefficient (Wildman–Crippen LogP) is 2.08. The number of hydrogen-bond acceptors (Lipinski definition) is 4. The summed E-state index contributed by atoms with van der Waals surface area (Å²) in [6.45, 7) is 0. The number of nitrogens with two attached hydrogens (primary N) is 1. The fourth-order valence-electron chi connectivity index (χ4n) is 1.62. The molecular weight excluding hydrogens is 247 g/mol. The van der Waals surface area contributed by atoms with Crippen LogP contribution in [0, 0.1) is 5.82 Å². The molecule has 0 saturated heterocycles. The van der Waals surface area contributed by atoms with Crippen LogP contribution in [0.25, 0.3) is 0 Å². The summed E-state index contributed by atoms with van der Waals surface area (Å²) in [5.74, 6) is -0.356. The van der Waals surface area contributed by atoms with E-state index in [-0.39, 0.29) is 11.7 Å². The average Bonchev–Trinajstić information content (AvgIpc) is 2.46. The number of oxime groups is 1. The highest BCUT2D eigenvalue weighted by Crippen LogP contribution is 2.23. The Labute approximate surface area is 109 Å². The largest absolute Gasteiger partial charge is 0.409 e. The molecule has 0 bridgehead atoms. The molecule has 0 unspecified atom stereocenters. The van der Waals surface area contributed by atoms with Gasteiger partial charge in [-0.2, -0.15) is 0 Å². The fourth-order valence-corrected chi connectivity index (χ4v) is 1.62. The summed E-state index contributed by atoms with van der Waals surface area (Å²) in [7, 11) is 1.80. The predicted molar refractivity (Wildman–Crippen MR) is 71.2 cm³/mol. The van der Waals surface area contributed by atoms with Crippen LogP contribution >= 0.6 is 0 Å². The van der Waals surface area contributed by atoms with Crippen molar-refractivity contribution in [3.63, 3.8) is 0 Å². The molecule has 0 spiro atoms. The lowest BCUT2D eigenvalue weighted by atomic mass is 10.2. The van der Waals surface area contributed by atoms with E-state index < -0.39 is 0 Å². The van der Waals surface area contributed by atoms with Gasteiger partial charge in [0, 0.05) is 12.7 Å². The van der Waals surface area contributed by atoms with Gasteiger partial charge in [-0.15, -0.1) is 0 Å². The van der Waals surface area contributed by atoms with Gasteiger partial charge in [0.15, 0.2) is 5.84 Å². The molecule has 3 N–H and O–H groups in total. The summed E-state index contributed by atoms with van der Waals surface area (Å²) in [6.07, 6.45) is 1.57. The van der Waals surface area contributed by atoms with Crippen LogP contribution in [0.1, 0.15) is 5.69 Å². The molecule has 19 heavy (non-hydrogen) atoms. The molecule has 2 rings (SSSR count). The second-order valence-corrected chi connectivity index (χ2v) is 3.93. The first-order valence-corrected chi connectivity index (χ1v) is 5.55. The maximum Gasteiger partial charge on any atom is 0.188 e. The maximum absolute atomic E-state index is 13.2. The zero-order valence-corrected chi connectivity index (χ0v) is 10.3. The summed E-state index contributed by atoms with van der Waals surface area (Å²) >= 11 is 0. The number of amidine groups is 1. The molecular formula is C13H13FN4O. The van der Waals surface area contributed by atoms with Gasteiger partial charge in [-0.3, -0.25) is 4.98 Å². The molecule has 0 amide bonds. The lowest BCUT2D eigenvalue weighted by molar-refractivity contribution is 0.318. The molecule has 5 nitrogen and oxygen atoms in total. The Balaban J connectivity index is 2.27. The van der Waals surface area contributed by atoms with Crippen molar-refractivity contribution in [3.8, 4) is 0 Å². The standard InChI is InChI=1S/C13H13FN4O/c1-18(10-4-2-3-9(14)7-10)11-5-6-12(16-8-11)13(15)17-19/h2-8,19H,1H3,(H2,15,17). The number of halogens is 1. The van der Waals surface area contributed by atoms with E-state index in [2.05, 4.69) is 10.1 Å². The highest BCUT2D eigenvalue weighted by molar-refractivity contribution is 5.95. The molecule has 98 valence electrons. The van der Waals surface area contributed by atoms with Gasteiger partial charge in [-0.25, -0.2) is 4.39 Å². The highest BCUT2D eigenvalue weighted by Gasteiger charge is 2.07. The molecule has 0 aliphatic rings. The summed E-state index contributed by atoms with van der Waals surface area (Å²) in [4.78, 5) is 5.85. The molecule has 0 aliphatic heterocycles. The van der Waals surface area contributed by atoms with Gasteiger partial charge in [-0.05, 0) is 30.3 Å². The minimum Gasteiger partial charge on any atom is -0.409 e. The number of nitrogens with zero attached hydrogens (tertiary/aromatic N) is 3. The van der Waals surface area contributed by atoms with Crippen molar-refractivity contribution >= 4 is 17.2 Å². The summed E-state index contributed by atoms with van der Waals surface area (Å²) < 4.78 is 13.2. The Morgan fingerprint density at radius 3 is 2.68 bits per heavy atom. The smallest absolute Gasteiger partial charge is 0.188 e. The van der Waals surface area contributed by atoms with Gasteiger partial charge in [0.1, 0.15) is 11.5 Å². The van der Waals surface area contributed by atoms with Gasteiger partial charge in [0.2, 0.25) is 0 Å². The van der Waals surface area contributed by atoms with Gasteiger partial charge < -0.3 is 15.8 Å². The summed E-state index contributed by atoms with van der Waals surface area (Å²) in [6, 6.07) is 9.62. The molecule has 0 saturated carbocycles. The lowest BCUT2D eigenvalue weighted by Crippen LogP contribution is -2.16. The van der Waals surface area contributed by atoms with Crippen molar-refractivity contribution in [1.82, 2.24) is 4.98 Å². The van der Waals surface area contributed by atoms with Crippen molar-refractivity contribution in [1.29, 1.82) is 0 Å². The van der Waals surface area contributed by atoms with Gasteiger partial charge >= 0.3 is 0 Å². The molecule has 0 fully saturated rings. The number of anilines is 2. The van der Waals surface area contributed by atoms with Crippen LogP contribution in [0.3, 0.4) is 0 Å². The second-order valence-electron chi connectivity index (χ2n) is 3.93. The topological polar surface area (TPSA) is 74.7 Å². The monoisotopic (exact) mass is 260 g/mol. The fraction of sp³-hybridized carbons (Fsp3) is 0.0769. The van der Waals surface area contributed by atoms with Gasteiger partial charge in [0.25, 0.3) is 0 Å². The number of pyridine rings is 1. The second kappa shape index (κ2) is 5.34. The summed E-state index contributed by atoms with van der Waals surface area (Å²) in [5.41, 5.74) is 7.27. The van der Waals surface area contributed by atoms with Crippen molar-refractivity contribution in [2.24, 2.45) is 10.9 Å². The third-order valence-electron chi connectivity index (χ3n) is 2.70. The van der Waals surface area contributed by atoms with E-state index in [1.807, 2.05) is 0 Å². The van der Waals surface area contributed by atoms with Crippen LogP contribution in [0.4, 0.5) is 15.8 Å². The Morgan fingerprint density at radius 2 is 2.11 bits per heavy atom. The molecule has 2 aromatic rings. The number of rotatable bonds is 3. The lowest BCUT2D eigenvalue weighted by Gasteiger charge is -2.19. The van der Waals surface area contributed by atoms with Crippen LogP contribution in [0.15, 0.2) is 47.8 Å². The molecule has 6 heteroatoms. The van der Waals surface area contributed by atoms with E-state index in [0.717, 1.165) is 5.69 Å². The zero-order chi connectivity index (χ0) is 13.8. The maximum atomic E-state index is 13.2. The molecule has 0 atom stereocenters. The Bertz CT molecular complexity index is 598. The van der Waals surface area contributed by atoms with Crippen LogP contribution < -0.4 is 10.6 Å². The van der Waals surface area contributed by atoms with Crippen molar-refractivity contribution < 1.29 is 9.60 Å². The molecule has 1 aromatic heterocycles. The first-order valence-electron chi connectivity index (χ1n) is 5.55. The summed E-state index contributed by atoms with van der Waals surface area (Å²) in [5, 5.41) is 11.4. The molecule has 1 aromatic carbocycles. The van der Waals surface area contributed by atoms with Gasteiger partial charge in [0.05, 0.1) is 11.9 Å². The molecule has 0 radical (unpaired) electrons. The van der Waals surface area contributed by atoms with E-state index in [0.29, 0.717) is 11.4 Å². The Kier molecular flexibility index (Phi) is 3.61. The third kappa shape index (κ3) is 2.79. The first-order chi connectivity index (χ1) is 9.11. The van der Waals surface area contributed by atoms with E-state index in [1.165, 1.54) is 12.1 Å². The first kappa shape index (κ1) is 12.8. The van der Waals surface area contributed by atoms with Crippen LogP contribution in [-0.4, -0.2) is 23.1 Å². The van der Waals surface area contributed by atoms with Gasteiger partial charge in [-0.1, -0.05) is 11.2 Å². The molecule has 1 heterocycles. The highest BCUT2D eigenvalue weighted by atomic mass is 19.1. The Morgan fingerprint density at radius 1 is 1.32 bits per heavy atom. The van der Waals surface area contributed by atoms with Crippen molar-refractivity contribution in [2.75, 3.05) is 11.9 Å². The number of benzene rings is 1. The van der Waals surface area contributed by atoms with E-state index in [4.69, 9.17) is 10.9 Å². The molecule has 0 aliphatic carbocycles. The number of hydrogen-bond donors (Lipinski definition) is 2. The van der Waals surface area contributed by atoms with Crippen molar-refractivity contribution in [2.45, 2.75) is 0 Å². The minimum atomic E-state index is -0.300. The Hall–Kier alpha value is -2.63. The quantitative estimate of drug-likeness (QED) is 0.383. The zero-order valence-electron chi connectivity index (χ0n) is 10.3. The van der Waals surface area contributed by atoms with E-state index in [9.17, 15) is 4.39 Å². The van der Waals surface area contributed by atoms with E-state index >= 15 is 0 Å². The third-order valence-corrected chi connectivity index (χ3v) is 2.70. The van der Waals surface area contributed by atoms with Crippen LogP contribution in [0.2, 0.25) is 0 Å². The SMILES string of the molecule is CN(c1ccc(/C(N)=N/O)nc1)c1cccc(F)c1. The van der Waals surface area contributed by atoms with Crippen LogP contribution in [-0.2, 0) is 0 Å². The average molecular weight is 260 g/mol. The van der Waals surface area contributed by atoms with Crippen LogP contribution in [0.5, 0.6) is 0 Å². The minimum absolute atomic E-state index is 0.0556. The van der Waals surface area contributed by atoms with Crippen molar-refractivity contribution in [3.05, 3.63) is 54.1 Å².